The Morgan fingerprint density at radius 2 is 1.76 bits per heavy atom. The predicted octanol–water partition coefficient (Wildman–Crippen LogP) is 5.03. The largest absolute Gasteiger partial charge is 0.494 e. The van der Waals surface area contributed by atoms with Gasteiger partial charge < -0.3 is 4.74 Å². The van der Waals surface area contributed by atoms with E-state index >= 15 is 0 Å². The zero-order chi connectivity index (χ0) is 12.6. The van der Waals surface area contributed by atoms with Crippen LogP contribution in [0.15, 0.2) is 30.3 Å². The van der Waals surface area contributed by atoms with Crippen LogP contribution in [0.4, 0.5) is 0 Å². The third kappa shape index (κ3) is 5.01. The number of benzene rings is 1. The monoisotopic (exact) mass is 362 g/mol. The van der Waals surface area contributed by atoms with Gasteiger partial charge in [-0.2, -0.15) is 0 Å². The number of hydrogen-bond acceptors (Lipinski definition) is 1. The van der Waals surface area contributed by atoms with Gasteiger partial charge in [0, 0.05) is 10.7 Å². The first-order valence-corrected chi connectivity index (χ1v) is 8.30. The van der Waals surface area contributed by atoms with Gasteiger partial charge in [-0.05, 0) is 36.8 Å². The average molecular weight is 364 g/mol. The van der Waals surface area contributed by atoms with Crippen LogP contribution in [-0.4, -0.2) is 17.3 Å². The van der Waals surface area contributed by atoms with Crippen molar-refractivity contribution in [3.05, 3.63) is 30.3 Å². The molecule has 0 radical (unpaired) electrons. The molecular weight excluding hydrogens is 344 g/mol. The molecule has 0 aliphatic heterocycles. The maximum atomic E-state index is 5.70. The fraction of sp³-hybridized carbons (Fsp3) is 0.571. The zero-order valence-corrected chi connectivity index (χ0v) is 13.5. The molecule has 0 atom stereocenters. The van der Waals surface area contributed by atoms with Crippen LogP contribution in [0.5, 0.6) is 5.75 Å². The summed E-state index contributed by atoms with van der Waals surface area (Å²) in [5.74, 6) is 0.965. The van der Waals surface area contributed by atoms with Gasteiger partial charge in [-0.3, -0.25) is 0 Å². The van der Waals surface area contributed by atoms with E-state index in [1.165, 1.54) is 12.8 Å². The minimum Gasteiger partial charge on any atom is -0.494 e. The second kappa shape index (κ2) is 8.15. The van der Waals surface area contributed by atoms with Crippen molar-refractivity contribution in [3.8, 4) is 5.75 Å². The van der Waals surface area contributed by atoms with Crippen LogP contribution < -0.4 is 4.74 Å². The first-order valence-electron chi connectivity index (χ1n) is 6.06. The van der Waals surface area contributed by atoms with Crippen molar-refractivity contribution in [3.63, 3.8) is 0 Å². The molecule has 96 valence electrons. The van der Waals surface area contributed by atoms with Crippen LogP contribution in [0.25, 0.3) is 0 Å². The number of para-hydroxylation sites is 1. The number of ether oxygens (including phenoxy) is 1. The van der Waals surface area contributed by atoms with Crippen molar-refractivity contribution in [1.82, 2.24) is 0 Å². The highest BCUT2D eigenvalue weighted by Gasteiger charge is 2.24. The Morgan fingerprint density at radius 3 is 2.29 bits per heavy atom. The minimum absolute atomic E-state index is 0.375. The average Bonchev–Trinajstić information content (AvgIpc) is 2.41. The molecule has 0 aromatic heterocycles. The van der Waals surface area contributed by atoms with E-state index in [9.17, 15) is 0 Å². The Balaban J connectivity index is 2.28. The molecule has 0 amide bonds. The molecule has 1 aromatic rings. The summed E-state index contributed by atoms with van der Waals surface area (Å²) in [5.41, 5.74) is 0.375. The fourth-order valence-electron chi connectivity index (χ4n) is 1.69. The number of halogens is 2. The standard InChI is InChI=1S/C14H20Br2O/c1-2-14(11-15,12-16)9-6-10-17-13-7-4-3-5-8-13/h3-5,7-8H,2,6,9-12H2,1H3. The topological polar surface area (TPSA) is 9.23 Å². The number of hydrogen-bond donors (Lipinski definition) is 0. The lowest BCUT2D eigenvalue weighted by Gasteiger charge is -2.28. The van der Waals surface area contributed by atoms with Crippen LogP contribution >= 0.6 is 31.9 Å². The summed E-state index contributed by atoms with van der Waals surface area (Å²) >= 11 is 7.24. The van der Waals surface area contributed by atoms with E-state index < -0.39 is 0 Å². The van der Waals surface area contributed by atoms with Gasteiger partial charge in [0.05, 0.1) is 6.61 Å². The molecule has 0 N–H and O–H groups in total. The second-order valence-electron chi connectivity index (χ2n) is 4.39. The van der Waals surface area contributed by atoms with Crippen molar-refractivity contribution >= 4 is 31.9 Å². The van der Waals surface area contributed by atoms with Gasteiger partial charge in [0.25, 0.3) is 0 Å². The van der Waals surface area contributed by atoms with Crippen molar-refractivity contribution in [2.24, 2.45) is 5.41 Å². The summed E-state index contributed by atoms with van der Waals surface area (Å²) in [4.78, 5) is 0. The van der Waals surface area contributed by atoms with E-state index in [1.807, 2.05) is 30.3 Å². The molecular formula is C14H20Br2O. The smallest absolute Gasteiger partial charge is 0.119 e. The van der Waals surface area contributed by atoms with Crippen LogP contribution in [0.3, 0.4) is 0 Å². The molecule has 1 nitrogen and oxygen atoms in total. The maximum Gasteiger partial charge on any atom is 0.119 e. The van der Waals surface area contributed by atoms with Crippen molar-refractivity contribution in [1.29, 1.82) is 0 Å². The fourth-order valence-corrected chi connectivity index (χ4v) is 3.97. The Bertz CT molecular complexity index is 288. The van der Waals surface area contributed by atoms with Gasteiger partial charge in [-0.1, -0.05) is 57.0 Å². The quantitative estimate of drug-likeness (QED) is 0.464. The van der Waals surface area contributed by atoms with Crippen molar-refractivity contribution in [2.45, 2.75) is 26.2 Å². The maximum absolute atomic E-state index is 5.70. The van der Waals surface area contributed by atoms with Gasteiger partial charge in [0.15, 0.2) is 0 Å². The second-order valence-corrected chi connectivity index (χ2v) is 5.51. The summed E-state index contributed by atoms with van der Waals surface area (Å²) < 4.78 is 5.70. The Labute approximate surface area is 121 Å². The normalized spacial score (nSPS) is 11.5. The molecule has 3 heteroatoms. The SMILES string of the molecule is CCC(CBr)(CBr)CCCOc1ccccc1. The van der Waals surface area contributed by atoms with Gasteiger partial charge >= 0.3 is 0 Å². The molecule has 1 aromatic carbocycles. The molecule has 0 fully saturated rings. The Kier molecular flexibility index (Phi) is 7.21. The van der Waals surface area contributed by atoms with Gasteiger partial charge in [-0.15, -0.1) is 0 Å². The van der Waals surface area contributed by atoms with Crippen LogP contribution in [0, 0.1) is 5.41 Å². The molecule has 0 spiro atoms. The number of alkyl halides is 2. The van der Waals surface area contributed by atoms with E-state index in [0.29, 0.717) is 5.41 Å². The molecule has 0 saturated heterocycles. The minimum atomic E-state index is 0.375. The third-order valence-electron chi connectivity index (χ3n) is 3.18. The molecule has 0 aliphatic carbocycles. The van der Waals surface area contributed by atoms with Crippen LogP contribution in [0.2, 0.25) is 0 Å². The lowest BCUT2D eigenvalue weighted by molar-refractivity contribution is 0.260. The van der Waals surface area contributed by atoms with Crippen molar-refractivity contribution < 1.29 is 4.74 Å². The molecule has 0 aliphatic rings. The summed E-state index contributed by atoms with van der Waals surface area (Å²) in [7, 11) is 0. The van der Waals surface area contributed by atoms with E-state index in [1.54, 1.807) is 0 Å². The lowest BCUT2D eigenvalue weighted by Crippen LogP contribution is -2.24. The van der Waals surface area contributed by atoms with Gasteiger partial charge in [-0.25, -0.2) is 0 Å². The highest BCUT2D eigenvalue weighted by molar-refractivity contribution is 9.09. The highest BCUT2D eigenvalue weighted by Crippen LogP contribution is 2.32. The predicted molar refractivity (Wildman–Crippen MR) is 81.5 cm³/mol. The molecule has 0 heterocycles. The van der Waals surface area contributed by atoms with E-state index in [4.69, 9.17) is 4.74 Å². The van der Waals surface area contributed by atoms with Crippen molar-refractivity contribution in [2.75, 3.05) is 17.3 Å². The number of rotatable bonds is 8. The summed E-state index contributed by atoms with van der Waals surface area (Å²) in [6, 6.07) is 10.0. The molecule has 0 unspecified atom stereocenters. The van der Waals surface area contributed by atoms with Crippen LogP contribution in [-0.2, 0) is 0 Å². The van der Waals surface area contributed by atoms with E-state index in [-0.39, 0.29) is 0 Å². The summed E-state index contributed by atoms with van der Waals surface area (Å²) in [6.45, 7) is 3.05. The zero-order valence-electron chi connectivity index (χ0n) is 10.3. The Hall–Kier alpha value is -0.0200. The molecule has 0 bridgehead atoms. The molecule has 17 heavy (non-hydrogen) atoms. The lowest BCUT2D eigenvalue weighted by atomic mass is 9.85. The first kappa shape index (κ1) is 15.0. The molecule has 1 rings (SSSR count). The van der Waals surface area contributed by atoms with Gasteiger partial charge in [0.1, 0.15) is 5.75 Å². The highest BCUT2D eigenvalue weighted by atomic mass is 79.9. The van der Waals surface area contributed by atoms with Crippen LogP contribution in [0.1, 0.15) is 26.2 Å². The first-order chi connectivity index (χ1) is 8.26. The summed E-state index contributed by atoms with van der Waals surface area (Å²) in [5, 5.41) is 2.10. The summed E-state index contributed by atoms with van der Waals surface area (Å²) in [6.07, 6.45) is 3.47. The van der Waals surface area contributed by atoms with E-state index in [0.717, 1.165) is 29.4 Å². The third-order valence-corrected chi connectivity index (χ3v) is 5.56. The van der Waals surface area contributed by atoms with Gasteiger partial charge in [0.2, 0.25) is 0 Å². The van der Waals surface area contributed by atoms with E-state index in [2.05, 4.69) is 38.8 Å². The Morgan fingerprint density at radius 1 is 1.12 bits per heavy atom. The molecule has 0 saturated carbocycles.